The van der Waals surface area contributed by atoms with Crippen LogP contribution < -0.4 is 10.1 Å². The summed E-state index contributed by atoms with van der Waals surface area (Å²) in [5.74, 6) is 1.15. The molecule has 0 radical (unpaired) electrons. The fourth-order valence-electron chi connectivity index (χ4n) is 3.84. The van der Waals surface area contributed by atoms with Gasteiger partial charge in [0.1, 0.15) is 11.6 Å². The predicted molar refractivity (Wildman–Crippen MR) is 126 cm³/mol. The average Bonchev–Trinajstić information content (AvgIpc) is 3.55. The van der Waals surface area contributed by atoms with E-state index in [1.165, 1.54) is 12.1 Å². The number of hydrogen-bond acceptors (Lipinski definition) is 3. The van der Waals surface area contributed by atoms with E-state index in [4.69, 9.17) is 9.84 Å². The molecule has 7 heteroatoms. The third kappa shape index (κ3) is 5.53. The first-order chi connectivity index (χ1) is 16.0. The number of ether oxygens (including phenoxy) is 1. The van der Waals surface area contributed by atoms with Crippen LogP contribution in [0.5, 0.6) is 11.6 Å². The van der Waals surface area contributed by atoms with E-state index in [0.717, 1.165) is 29.8 Å². The standard InChI is InChI=1S/C26H31FN4O2/c1-4-28-26(32)30(16-19-13-14-19)17-23-24(18(2)3)29-31(21-10-6-5-7-11-21)25(23)33-22-12-8-9-20(27)15-22/h5-12,15,18-19H,4,13-14,16-17H2,1-3H3,(H,28,32). The summed E-state index contributed by atoms with van der Waals surface area (Å²) in [6.45, 7) is 7.69. The van der Waals surface area contributed by atoms with E-state index >= 15 is 0 Å². The van der Waals surface area contributed by atoms with Gasteiger partial charge in [0.15, 0.2) is 0 Å². The van der Waals surface area contributed by atoms with Gasteiger partial charge in [-0.15, -0.1) is 0 Å². The van der Waals surface area contributed by atoms with E-state index in [0.29, 0.717) is 37.2 Å². The Labute approximate surface area is 194 Å². The lowest BCUT2D eigenvalue weighted by molar-refractivity contribution is 0.192. The van der Waals surface area contributed by atoms with E-state index in [1.807, 2.05) is 42.2 Å². The fourth-order valence-corrected chi connectivity index (χ4v) is 3.84. The lowest BCUT2D eigenvalue weighted by Crippen LogP contribution is -2.40. The van der Waals surface area contributed by atoms with Crippen LogP contribution in [0.2, 0.25) is 0 Å². The second-order valence-electron chi connectivity index (χ2n) is 8.79. The molecule has 2 amide bonds. The molecule has 0 aliphatic heterocycles. The number of hydrogen-bond donors (Lipinski definition) is 1. The highest BCUT2D eigenvalue weighted by atomic mass is 19.1. The highest BCUT2D eigenvalue weighted by molar-refractivity contribution is 5.74. The molecule has 0 unspecified atom stereocenters. The minimum atomic E-state index is -0.374. The van der Waals surface area contributed by atoms with Gasteiger partial charge in [-0.3, -0.25) is 0 Å². The fraction of sp³-hybridized carbons (Fsp3) is 0.385. The molecule has 1 aliphatic carbocycles. The minimum absolute atomic E-state index is 0.0942. The van der Waals surface area contributed by atoms with Crippen molar-refractivity contribution in [3.63, 3.8) is 0 Å². The average molecular weight is 451 g/mol. The molecular weight excluding hydrogens is 419 g/mol. The number of para-hydroxylation sites is 1. The van der Waals surface area contributed by atoms with Gasteiger partial charge in [-0.1, -0.05) is 38.1 Å². The summed E-state index contributed by atoms with van der Waals surface area (Å²) < 4.78 is 21.9. The first-order valence-electron chi connectivity index (χ1n) is 11.6. The molecule has 1 aromatic heterocycles. The largest absolute Gasteiger partial charge is 0.438 e. The maximum atomic E-state index is 13.9. The maximum absolute atomic E-state index is 13.9. The van der Waals surface area contributed by atoms with Crippen LogP contribution in [0.1, 0.15) is 50.8 Å². The molecule has 1 heterocycles. The van der Waals surface area contributed by atoms with Crippen LogP contribution in [-0.4, -0.2) is 33.8 Å². The quantitative estimate of drug-likeness (QED) is 0.444. The number of rotatable bonds is 9. The lowest BCUT2D eigenvalue weighted by Gasteiger charge is -2.24. The van der Waals surface area contributed by atoms with E-state index in [9.17, 15) is 9.18 Å². The molecule has 1 aliphatic rings. The maximum Gasteiger partial charge on any atom is 0.317 e. The molecule has 33 heavy (non-hydrogen) atoms. The molecular formula is C26H31FN4O2. The molecule has 2 aromatic carbocycles. The molecule has 1 fully saturated rings. The molecule has 4 rings (SSSR count). The number of carbonyl (C=O) groups is 1. The summed E-state index contributed by atoms with van der Waals surface area (Å²) >= 11 is 0. The van der Waals surface area contributed by atoms with Crippen molar-refractivity contribution in [1.82, 2.24) is 20.0 Å². The van der Waals surface area contributed by atoms with Gasteiger partial charge >= 0.3 is 6.03 Å². The summed E-state index contributed by atoms with van der Waals surface area (Å²) in [4.78, 5) is 14.7. The molecule has 0 bridgehead atoms. The van der Waals surface area contributed by atoms with Gasteiger partial charge in [0, 0.05) is 19.2 Å². The van der Waals surface area contributed by atoms with Crippen LogP contribution in [0, 0.1) is 11.7 Å². The number of carbonyl (C=O) groups excluding carboxylic acids is 1. The summed E-state index contributed by atoms with van der Waals surface area (Å²) in [6, 6.07) is 15.7. The van der Waals surface area contributed by atoms with Gasteiger partial charge in [0.2, 0.25) is 5.88 Å². The number of amides is 2. The first kappa shape index (κ1) is 22.8. The molecule has 6 nitrogen and oxygen atoms in total. The highest BCUT2D eigenvalue weighted by Gasteiger charge is 2.30. The number of aromatic nitrogens is 2. The number of halogens is 1. The monoisotopic (exact) mass is 450 g/mol. The Hall–Kier alpha value is -3.35. The third-order valence-electron chi connectivity index (χ3n) is 5.67. The van der Waals surface area contributed by atoms with Gasteiger partial charge in [-0.25, -0.2) is 13.9 Å². The molecule has 1 saturated carbocycles. The van der Waals surface area contributed by atoms with Gasteiger partial charge in [-0.2, -0.15) is 5.10 Å². The summed E-state index contributed by atoms with van der Waals surface area (Å²) in [6.07, 6.45) is 2.28. The van der Waals surface area contributed by atoms with Gasteiger partial charge in [-0.05, 0) is 55.9 Å². The van der Waals surface area contributed by atoms with Crippen molar-refractivity contribution in [2.75, 3.05) is 13.1 Å². The summed E-state index contributed by atoms with van der Waals surface area (Å²) in [5.41, 5.74) is 2.53. The zero-order valence-corrected chi connectivity index (χ0v) is 19.4. The Morgan fingerprint density at radius 3 is 2.61 bits per heavy atom. The normalized spacial score (nSPS) is 13.2. The molecule has 3 aromatic rings. The van der Waals surface area contributed by atoms with Crippen molar-refractivity contribution in [2.24, 2.45) is 5.92 Å². The topological polar surface area (TPSA) is 59.4 Å². The highest BCUT2D eigenvalue weighted by Crippen LogP contribution is 2.36. The number of benzene rings is 2. The molecule has 1 N–H and O–H groups in total. The third-order valence-corrected chi connectivity index (χ3v) is 5.67. The second-order valence-corrected chi connectivity index (χ2v) is 8.79. The van der Waals surface area contributed by atoms with Gasteiger partial charge in [0.05, 0.1) is 23.5 Å². The van der Waals surface area contributed by atoms with Crippen molar-refractivity contribution in [1.29, 1.82) is 0 Å². The molecule has 0 spiro atoms. The number of urea groups is 1. The Balaban J connectivity index is 1.80. The summed E-state index contributed by atoms with van der Waals surface area (Å²) in [7, 11) is 0. The lowest BCUT2D eigenvalue weighted by atomic mass is 10.1. The molecule has 0 saturated heterocycles. The summed E-state index contributed by atoms with van der Waals surface area (Å²) in [5, 5.41) is 7.82. The Morgan fingerprint density at radius 1 is 1.21 bits per heavy atom. The number of nitrogens with zero attached hydrogens (tertiary/aromatic N) is 3. The second kappa shape index (κ2) is 10.1. The smallest absolute Gasteiger partial charge is 0.317 e. The first-order valence-corrected chi connectivity index (χ1v) is 11.6. The van der Waals surface area contributed by atoms with Crippen LogP contribution in [0.15, 0.2) is 54.6 Å². The van der Waals surface area contributed by atoms with Gasteiger partial charge < -0.3 is 15.0 Å². The number of nitrogens with one attached hydrogen (secondary N) is 1. The van der Waals surface area contributed by atoms with Crippen molar-refractivity contribution >= 4 is 6.03 Å². The zero-order chi connectivity index (χ0) is 23.4. The van der Waals surface area contributed by atoms with Crippen LogP contribution in [0.3, 0.4) is 0 Å². The van der Waals surface area contributed by atoms with Crippen LogP contribution in [-0.2, 0) is 6.54 Å². The van der Waals surface area contributed by atoms with Gasteiger partial charge in [0.25, 0.3) is 0 Å². The Bertz CT molecular complexity index is 1090. The Morgan fingerprint density at radius 2 is 1.97 bits per heavy atom. The van der Waals surface area contributed by atoms with Crippen LogP contribution in [0.4, 0.5) is 9.18 Å². The Kier molecular flexibility index (Phi) is 6.96. The van der Waals surface area contributed by atoms with Crippen LogP contribution >= 0.6 is 0 Å². The van der Waals surface area contributed by atoms with E-state index < -0.39 is 0 Å². The molecule has 174 valence electrons. The minimum Gasteiger partial charge on any atom is -0.438 e. The molecule has 0 atom stereocenters. The van der Waals surface area contributed by atoms with E-state index in [-0.39, 0.29) is 17.8 Å². The van der Waals surface area contributed by atoms with Crippen molar-refractivity contribution in [3.05, 3.63) is 71.7 Å². The zero-order valence-electron chi connectivity index (χ0n) is 19.4. The van der Waals surface area contributed by atoms with Crippen LogP contribution in [0.25, 0.3) is 5.69 Å². The van der Waals surface area contributed by atoms with Crippen molar-refractivity contribution in [3.8, 4) is 17.3 Å². The SMILES string of the molecule is CCNC(=O)N(Cc1c(C(C)C)nn(-c2ccccc2)c1Oc1cccc(F)c1)CC1CC1. The van der Waals surface area contributed by atoms with E-state index in [1.54, 1.807) is 16.8 Å². The van der Waals surface area contributed by atoms with Crippen molar-refractivity contribution < 1.29 is 13.9 Å². The van der Waals surface area contributed by atoms with E-state index in [2.05, 4.69) is 19.2 Å². The van der Waals surface area contributed by atoms with Crippen molar-refractivity contribution in [2.45, 2.75) is 46.1 Å². The predicted octanol–water partition coefficient (Wildman–Crippen LogP) is 5.87.